The zero-order valence-electron chi connectivity index (χ0n) is 17.2. The van der Waals surface area contributed by atoms with Crippen molar-refractivity contribution in [3.63, 3.8) is 0 Å². The fraction of sp³-hybridized carbons (Fsp3) is 0.409. The first-order chi connectivity index (χ1) is 14.3. The fourth-order valence-corrected chi connectivity index (χ4v) is 4.60. The molecule has 0 saturated carbocycles. The van der Waals surface area contributed by atoms with Gasteiger partial charge in [0.1, 0.15) is 5.82 Å². The number of hydrogen-bond donors (Lipinski definition) is 1. The minimum absolute atomic E-state index is 0.00582. The van der Waals surface area contributed by atoms with Gasteiger partial charge in [-0.25, -0.2) is 12.8 Å². The van der Waals surface area contributed by atoms with Crippen molar-refractivity contribution >= 4 is 33.0 Å². The number of nitrogens with zero attached hydrogens (tertiary/aromatic N) is 2. The number of rotatable bonds is 8. The summed E-state index contributed by atoms with van der Waals surface area (Å²) in [5.74, 6) is -0.816. The molecule has 1 aliphatic rings. The lowest BCUT2D eigenvalue weighted by Crippen LogP contribution is -2.32. The highest BCUT2D eigenvalue weighted by atomic mass is 32.2. The smallest absolute Gasteiger partial charge is 0.232 e. The van der Waals surface area contributed by atoms with E-state index in [1.807, 2.05) is 24.3 Å². The maximum absolute atomic E-state index is 14.0. The van der Waals surface area contributed by atoms with Crippen LogP contribution in [0.3, 0.4) is 0 Å². The summed E-state index contributed by atoms with van der Waals surface area (Å²) in [7, 11) is -3.66. The van der Waals surface area contributed by atoms with Gasteiger partial charge in [0.15, 0.2) is 0 Å². The van der Waals surface area contributed by atoms with Crippen LogP contribution < -0.4 is 14.5 Å². The Hall–Kier alpha value is -2.61. The van der Waals surface area contributed by atoms with Crippen LogP contribution in [-0.2, 0) is 14.8 Å². The first-order valence-corrected chi connectivity index (χ1v) is 12.1. The van der Waals surface area contributed by atoms with Gasteiger partial charge in [0.25, 0.3) is 0 Å². The topological polar surface area (TPSA) is 69.7 Å². The van der Waals surface area contributed by atoms with Gasteiger partial charge in [-0.05, 0) is 62.1 Å². The number of halogens is 1. The summed E-state index contributed by atoms with van der Waals surface area (Å²) in [6.45, 7) is 2.15. The minimum atomic E-state index is -3.66. The van der Waals surface area contributed by atoms with E-state index in [1.165, 1.54) is 37.5 Å². The molecule has 0 unspecified atom stereocenters. The van der Waals surface area contributed by atoms with Crippen LogP contribution in [0.2, 0.25) is 0 Å². The maximum atomic E-state index is 14.0. The molecule has 0 aliphatic carbocycles. The quantitative estimate of drug-likeness (QED) is 0.683. The van der Waals surface area contributed by atoms with Gasteiger partial charge in [-0.15, -0.1) is 0 Å². The molecule has 30 heavy (non-hydrogen) atoms. The van der Waals surface area contributed by atoms with Crippen LogP contribution in [0.1, 0.15) is 32.1 Å². The molecule has 8 heteroatoms. The molecule has 0 spiro atoms. The molecule has 1 saturated heterocycles. The van der Waals surface area contributed by atoms with Crippen molar-refractivity contribution in [2.24, 2.45) is 0 Å². The molecule has 0 atom stereocenters. The lowest BCUT2D eigenvalue weighted by molar-refractivity contribution is -0.116. The normalized spacial score (nSPS) is 14.4. The molecular formula is C22H28FN3O3S. The monoisotopic (exact) mass is 433 g/mol. The number of para-hydroxylation sites is 1. The van der Waals surface area contributed by atoms with Gasteiger partial charge in [-0.3, -0.25) is 9.10 Å². The second-order valence-corrected chi connectivity index (χ2v) is 9.44. The van der Waals surface area contributed by atoms with Crippen LogP contribution in [0.5, 0.6) is 0 Å². The van der Waals surface area contributed by atoms with E-state index in [9.17, 15) is 17.6 Å². The lowest BCUT2D eigenvalue weighted by atomic mass is 10.1. The zero-order chi connectivity index (χ0) is 21.6. The number of piperidine rings is 1. The van der Waals surface area contributed by atoms with Gasteiger partial charge in [0, 0.05) is 37.4 Å². The van der Waals surface area contributed by atoms with Crippen LogP contribution in [0.15, 0.2) is 48.5 Å². The average Bonchev–Trinajstić information content (AvgIpc) is 2.72. The Morgan fingerprint density at radius 2 is 1.73 bits per heavy atom. The molecule has 0 aromatic heterocycles. The average molecular weight is 434 g/mol. The SMILES string of the molecule is CS(=O)(=O)N(CCCC(=O)Nc1ccc(N2CCCCC2)cc1)c1ccccc1F. The number of carbonyl (C=O) groups excluding carboxylic acids is 1. The maximum Gasteiger partial charge on any atom is 0.232 e. The summed E-state index contributed by atoms with van der Waals surface area (Å²) in [6.07, 6.45) is 5.13. The van der Waals surface area contributed by atoms with Crippen LogP contribution in [0.4, 0.5) is 21.5 Å². The van der Waals surface area contributed by atoms with Crippen molar-refractivity contribution in [2.75, 3.05) is 40.4 Å². The predicted octanol–water partition coefficient (Wildman–Crippen LogP) is 4.00. The van der Waals surface area contributed by atoms with Gasteiger partial charge in [0.05, 0.1) is 11.9 Å². The van der Waals surface area contributed by atoms with Crippen LogP contribution >= 0.6 is 0 Å². The second-order valence-electron chi connectivity index (χ2n) is 7.53. The molecule has 2 aromatic rings. The molecule has 1 N–H and O–H groups in total. The Kier molecular flexibility index (Phi) is 7.31. The van der Waals surface area contributed by atoms with Crippen LogP contribution in [0, 0.1) is 5.82 Å². The van der Waals surface area contributed by atoms with Gasteiger partial charge in [-0.1, -0.05) is 12.1 Å². The van der Waals surface area contributed by atoms with Crippen LogP contribution in [-0.4, -0.2) is 40.2 Å². The van der Waals surface area contributed by atoms with E-state index in [-0.39, 0.29) is 31.0 Å². The Bertz CT molecular complexity index is 958. The molecule has 1 amide bonds. The Morgan fingerprint density at radius 3 is 2.37 bits per heavy atom. The standard InChI is InChI=1S/C22H28FN3O3S/c1-30(28,29)26(21-9-4-3-8-20(21)23)17-7-10-22(27)24-18-11-13-19(14-12-18)25-15-5-2-6-16-25/h3-4,8-9,11-14H,2,5-7,10,15-17H2,1H3,(H,24,27). The summed E-state index contributed by atoms with van der Waals surface area (Å²) in [6, 6.07) is 13.5. The number of nitrogens with one attached hydrogen (secondary N) is 1. The van der Waals surface area contributed by atoms with E-state index >= 15 is 0 Å². The molecule has 162 valence electrons. The molecule has 3 rings (SSSR count). The van der Waals surface area contributed by atoms with Crippen molar-refractivity contribution in [1.29, 1.82) is 0 Å². The number of anilines is 3. The number of hydrogen-bond acceptors (Lipinski definition) is 4. The first kappa shape index (κ1) is 22.1. The lowest BCUT2D eigenvalue weighted by Gasteiger charge is -2.28. The third-order valence-electron chi connectivity index (χ3n) is 5.16. The minimum Gasteiger partial charge on any atom is -0.372 e. The van der Waals surface area contributed by atoms with E-state index in [1.54, 1.807) is 6.07 Å². The largest absolute Gasteiger partial charge is 0.372 e. The molecule has 0 radical (unpaired) electrons. The number of sulfonamides is 1. The molecule has 1 heterocycles. The summed E-state index contributed by atoms with van der Waals surface area (Å²) < 4.78 is 39.2. The van der Waals surface area contributed by atoms with E-state index in [0.29, 0.717) is 5.69 Å². The highest BCUT2D eigenvalue weighted by molar-refractivity contribution is 7.92. The van der Waals surface area contributed by atoms with Gasteiger partial charge < -0.3 is 10.2 Å². The Balaban J connectivity index is 1.53. The Morgan fingerprint density at radius 1 is 1.07 bits per heavy atom. The summed E-state index contributed by atoms with van der Waals surface area (Å²) in [5, 5.41) is 2.84. The van der Waals surface area contributed by atoms with Crippen molar-refractivity contribution in [3.8, 4) is 0 Å². The van der Waals surface area contributed by atoms with Gasteiger partial charge >= 0.3 is 0 Å². The molecule has 1 aliphatic heterocycles. The van der Waals surface area contributed by atoms with Gasteiger partial charge in [0.2, 0.25) is 15.9 Å². The third-order valence-corrected chi connectivity index (χ3v) is 6.34. The van der Waals surface area contributed by atoms with Gasteiger partial charge in [-0.2, -0.15) is 0 Å². The van der Waals surface area contributed by atoms with Crippen molar-refractivity contribution in [3.05, 3.63) is 54.3 Å². The highest BCUT2D eigenvalue weighted by Gasteiger charge is 2.20. The number of amides is 1. The fourth-order valence-electron chi connectivity index (χ4n) is 3.63. The summed E-state index contributed by atoms with van der Waals surface area (Å²) in [4.78, 5) is 14.6. The second kappa shape index (κ2) is 9.93. The Labute approximate surface area is 177 Å². The van der Waals surface area contributed by atoms with Crippen molar-refractivity contribution < 1.29 is 17.6 Å². The molecule has 1 fully saturated rings. The van der Waals surface area contributed by atoms with Crippen LogP contribution in [0.25, 0.3) is 0 Å². The molecule has 6 nitrogen and oxygen atoms in total. The molecular weight excluding hydrogens is 405 g/mol. The summed E-state index contributed by atoms with van der Waals surface area (Å²) in [5.41, 5.74) is 1.85. The van der Waals surface area contributed by atoms with Crippen molar-refractivity contribution in [2.45, 2.75) is 32.1 Å². The highest BCUT2D eigenvalue weighted by Crippen LogP contribution is 2.23. The van der Waals surface area contributed by atoms with Crippen molar-refractivity contribution in [1.82, 2.24) is 0 Å². The molecule has 2 aromatic carbocycles. The van der Waals surface area contributed by atoms with E-state index in [2.05, 4.69) is 10.2 Å². The van der Waals surface area contributed by atoms with E-state index in [4.69, 9.17) is 0 Å². The molecule has 0 bridgehead atoms. The predicted molar refractivity (Wildman–Crippen MR) is 119 cm³/mol. The number of benzene rings is 2. The van der Waals surface area contributed by atoms with E-state index in [0.717, 1.165) is 29.3 Å². The third kappa shape index (κ3) is 5.95. The van der Waals surface area contributed by atoms with E-state index < -0.39 is 15.8 Å². The number of carbonyl (C=O) groups is 1. The summed E-state index contributed by atoms with van der Waals surface area (Å²) >= 11 is 0. The zero-order valence-corrected chi connectivity index (χ0v) is 18.0. The first-order valence-electron chi connectivity index (χ1n) is 10.2.